The van der Waals surface area contributed by atoms with E-state index in [4.69, 9.17) is 0 Å². The van der Waals surface area contributed by atoms with Gasteiger partial charge in [-0.15, -0.1) is 0 Å². The zero-order valence-electron chi connectivity index (χ0n) is 13.2. The molecule has 0 aliphatic heterocycles. The van der Waals surface area contributed by atoms with Gasteiger partial charge in [-0.2, -0.15) is 8.78 Å². The fraction of sp³-hybridized carbons (Fsp3) is 0.556. The SMILES string of the molecule is C/C=C/CC[C@H]1CC[C@H](c2cc(F)c(OC(F)F)c(F)c2)CC1. The quantitative estimate of drug-likeness (QED) is 0.446. The second-order valence-corrected chi connectivity index (χ2v) is 6.06. The summed E-state index contributed by atoms with van der Waals surface area (Å²) in [6.07, 6.45) is 10.2. The van der Waals surface area contributed by atoms with Gasteiger partial charge in [0.05, 0.1) is 0 Å². The van der Waals surface area contributed by atoms with Crippen LogP contribution in [0.1, 0.15) is 56.9 Å². The van der Waals surface area contributed by atoms with Crippen LogP contribution in [0.3, 0.4) is 0 Å². The number of hydrogen-bond donors (Lipinski definition) is 0. The Hall–Kier alpha value is -1.52. The lowest BCUT2D eigenvalue weighted by Gasteiger charge is -2.28. The van der Waals surface area contributed by atoms with E-state index in [0.717, 1.165) is 50.7 Å². The Kier molecular flexibility index (Phi) is 6.48. The number of allylic oxidation sites excluding steroid dienone is 2. The molecule has 23 heavy (non-hydrogen) atoms. The highest BCUT2D eigenvalue weighted by Crippen LogP contribution is 2.39. The Labute approximate surface area is 134 Å². The Morgan fingerprint density at radius 1 is 1.13 bits per heavy atom. The minimum Gasteiger partial charge on any atom is -0.429 e. The molecule has 0 N–H and O–H groups in total. The number of hydrogen-bond acceptors (Lipinski definition) is 1. The van der Waals surface area contributed by atoms with E-state index < -0.39 is 24.0 Å². The zero-order chi connectivity index (χ0) is 16.8. The van der Waals surface area contributed by atoms with Gasteiger partial charge in [0, 0.05) is 0 Å². The molecule has 0 atom stereocenters. The molecule has 1 aromatic carbocycles. The maximum atomic E-state index is 13.8. The molecular weight excluding hydrogens is 308 g/mol. The molecule has 0 bridgehead atoms. The molecule has 0 saturated heterocycles. The lowest BCUT2D eigenvalue weighted by molar-refractivity contribution is -0.0546. The van der Waals surface area contributed by atoms with Crippen LogP contribution >= 0.6 is 0 Å². The largest absolute Gasteiger partial charge is 0.429 e. The number of halogens is 4. The topological polar surface area (TPSA) is 9.23 Å². The van der Waals surface area contributed by atoms with E-state index in [1.165, 1.54) is 0 Å². The maximum Gasteiger partial charge on any atom is 0.387 e. The van der Waals surface area contributed by atoms with Crippen molar-refractivity contribution in [3.8, 4) is 5.75 Å². The molecule has 1 fully saturated rings. The van der Waals surface area contributed by atoms with E-state index in [2.05, 4.69) is 10.8 Å². The van der Waals surface area contributed by atoms with Crippen molar-refractivity contribution in [3.63, 3.8) is 0 Å². The highest BCUT2D eigenvalue weighted by molar-refractivity contribution is 5.33. The number of benzene rings is 1. The van der Waals surface area contributed by atoms with Crippen LogP contribution in [0.15, 0.2) is 24.3 Å². The van der Waals surface area contributed by atoms with Gasteiger partial charge < -0.3 is 4.74 Å². The van der Waals surface area contributed by atoms with E-state index in [9.17, 15) is 17.6 Å². The van der Waals surface area contributed by atoms with E-state index in [-0.39, 0.29) is 5.92 Å². The van der Waals surface area contributed by atoms with Crippen LogP contribution in [0.5, 0.6) is 5.75 Å². The summed E-state index contributed by atoms with van der Waals surface area (Å²) in [5.74, 6) is -2.38. The van der Waals surface area contributed by atoms with Gasteiger partial charge in [0.15, 0.2) is 17.4 Å². The van der Waals surface area contributed by atoms with Crippen LogP contribution in [0.25, 0.3) is 0 Å². The first-order valence-corrected chi connectivity index (χ1v) is 8.06. The van der Waals surface area contributed by atoms with Gasteiger partial charge in [0.1, 0.15) is 0 Å². The smallest absolute Gasteiger partial charge is 0.387 e. The second-order valence-electron chi connectivity index (χ2n) is 6.06. The summed E-state index contributed by atoms with van der Waals surface area (Å²) in [5.41, 5.74) is 0.536. The third kappa shape index (κ3) is 4.98. The highest BCUT2D eigenvalue weighted by atomic mass is 19.3. The monoisotopic (exact) mass is 330 g/mol. The van der Waals surface area contributed by atoms with Crippen LogP contribution in [0, 0.1) is 17.6 Å². The molecule has 0 aromatic heterocycles. The first-order chi connectivity index (χ1) is 11.0. The van der Waals surface area contributed by atoms with Crippen LogP contribution in [-0.4, -0.2) is 6.61 Å². The first-order valence-electron chi connectivity index (χ1n) is 8.06. The van der Waals surface area contributed by atoms with Crippen molar-refractivity contribution in [2.75, 3.05) is 0 Å². The van der Waals surface area contributed by atoms with Crippen molar-refractivity contribution >= 4 is 0 Å². The summed E-state index contributed by atoms with van der Waals surface area (Å²) in [4.78, 5) is 0. The standard InChI is InChI=1S/C18H22F4O/c1-2-3-4-5-12-6-8-13(9-7-12)14-10-15(19)17(16(20)11-14)23-18(21)22/h2-3,10-13,18H,4-9H2,1H3/b3-2+/t12-,13-. The molecule has 0 unspecified atom stereocenters. The fourth-order valence-corrected chi connectivity index (χ4v) is 3.30. The highest BCUT2D eigenvalue weighted by Gasteiger charge is 2.25. The summed E-state index contributed by atoms with van der Waals surface area (Å²) in [6, 6.07) is 2.26. The van der Waals surface area contributed by atoms with Crippen molar-refractivity contribution in [3.05, 3.63) is 41.5 Å². The van der Waals surface area contributed by atoms with Crippen LogP contribution < -0.4 is 4.74 Å². The molecule has 1 aliphatic rings. The van der Waals surface area contributed by atoms with E-state index in [1.54, 1.807) is 0 Å². The lowest BCUT2D eigenvalue weighted by Crippen LogP contribution is -2.14. The Morgan fingerprint density at radius 3 is 2.26 bits per heavy atom. The van der Waals surface area contributed by atoms with Crippen LogP contribution in [0.4, 0.5) is 17.6 Å². The Bertz CT molecular complexity index is 511. The third-order valence-corrected chi connectivity index (χ3v) is 4.52. The summed E-state index contributed by atoms with van der Waals surface area (Å²) in [7, 11) is 0. The molecule has 0 radical (unpaired) electrons. The van der Waals surface area contributed by atoms with Crippen molar-refractivity contribution < 1.29 is 22.3 Å². The molecule has 1 nitrogen and oxygen atoms in total. The van der Waals surface area contributed by atoms with Crippen molar-refractivity contribution in [2.24, 2.45) is 5.92 Å². The van der Waals surface area contributed by atoms with Gasteiger partial charge in [0.2, 0.25) is 0 Å². The van der Waals surface area contributed by atoms with E-state index >= 15 is 0 Å². The normalized spacial score (nSPS) is 22.0. The lowest BCUT2D eigenvalue weighted by atomic mass is 9.77. The molecule has 128 valence electrons. The van der Waals surface area contributed by atoms with E-state index in [1.807, 2.05) is 13.0 Å². The summed E-state index contributed by atoms with van der Waals surface area (Å²) >= 11 is 0. The molecule has 1 saturated carbocycles. The minimum absolute atomic E-state index is 0.0811. The summed E-state index contributed by atoms with van der Waals surface area (Å²) in [5, 5.41) is 0. The number of rotatable bonds is 6. The van der Waals surface area contributed by atoms with Gasteiger partial charge in [-0.3, -0.25) is 0 Å². The van der Waals surface area contributed by atoms with Crippen molar-refractivity contribution in [1.29, 1.82) is 0 Å². The third-order valence-electron chi connectivity index (χ3n) is 4.52. The molecule has 1 aromatic rings. The zero-order valence-corrected chi connectivity index (χ0v) is 13.2. The van der Waals surface area contributed by atoms with Crippen LogP contribution in [-0.2, 0) is 0 Å². The molecule has 2 rings (SSSR count). The van der Waals surface area contributed by atoms with Crippen molar-refractivity contribution in [1.82, 2.24) is 0 Å². The number of ether oxygens (including phenoxy) is 1. The van der Waals surface area contributed by atoms with Gasteiger partial charge in [0.25, 0.3) is 0 Å². The van der Waals surface area contributed by atoms with E-state index in [0.29, 0.717) is 11.5 Å². The molecule has 0 heterocycles. The average molecular weight is 330 g/mol. The van der Waals surface area contributed by atoms with Gasteiger partial charge >= 0.3 is 6.61 Å². The average Bonchev–Trinajstić information content (AvgIpc) is 2.51. The van der Waals surface area contributed by atoms with Gasteiger partial charge in [-0.05, 0) is 75.0 Å². The predicted molar refractivity (Wildman–Crippen MR) is 81.7 cm³/mol. The Balaban J connectivity index is 1.98. The van der Waals surface area contributed by atoms with Gasteiger partial charge in [-0.1, -0.05) is 12.2 Å². The summed E-state index contributed by atoms with van der Waals surface area (Å²) < 4.78 is 55.8. The second kappa shape index (κ2) is 8.37. The molecule has 5 heteroatoms. The van der Waals surface area contributed by atoms with Crippen LogP contribution in [0.2, 0.25) is 0 Å². The minimum atomic E-state index is -3.24. The number of alkyl halides is 2. The first kappa shape index (κ1) is 17.8. The fourth-order valence-electron chi connectivity index (χ4n) is 3.30. The van der Waals surface area contributed by atoms with Crippen molar-refractivity contribution in [2.45, 2.75) is 58.0 Å². The molecule has 1 aliphatic carbocycles. The Morgan fingerprint density at radius 2 is 1.74 bits per heavy atom. The van der Waals surface area contributed by atoms with Gasteiger partial charge in [-0.25, -0.2) is 8.78 Å². The predicted octanol–water partition coefficient (Wildman–Crippen LogP) is 6.20. The summed E-state index contributed by atoms with van der Waals surface area (Å²) in [6.45, 7) is -1.24. The molecule has 0 amide bonds. The molecule has 0 spiro atoms. The molecular formula is C18H22F4O. The maximum absolute atomic E-state index is 13.8.